The van der Waals surface area contributed by atoms with Crippen molar-refractivity contribution in [1.29, 1.82) is 0 Å². The van der Waals surface area contributed by atoms with Gasteiger partial charge in [-0.2, -0.15) is 0 Å². The van der Waals surface area contributed by atoms with Crippen LogP contribution in [0.25, 0.3) is 0 Å². The van der Waals surface area contributed by atoms with Gasteiger partial charge >= 0.3 is 0 Å². The van der Waals surface area contributed by atoms with Crippen LogP contribution in [0.2, 0.25) is 0 Å². The average Bonchev–Trinajstić information content (AvgIpc) is 3.12. The van der Waals surface area contributed by atoms with Gasteiger partial charge in [-0.15, -0.1) is 12.4 Å². The van der Waals surface area contributed by atoms with Crippen molar-refractivity contribution >= 4 is 18.3 Å². The molecule has 1 aromatic rings. The van der Waals surface area contributed by atoms with E-state index in [9.17, 15) is 4.79 Å². The zero-order valence-corrected chi connectivity index (χ0v) is 11.2. The number of ether oxygens (including phenoxy) is 2. The summed E-state index contributed by atoms with van der Waals surface area (Å²) in [7, 11) is 0. The molecule has 1 aliphatic carbocycles. The highest BCUT2D eigenvalue weighted by atomic mass is 35.5. The molecule has 1 heterocycles. The number of halogens is 1. The summed E-state index contributed by atoms with van der Waals surface area (Å²) in [6.07, 6.45) is 2.35. The lowest BCUT2D eigenvalue weighted by Gasteiger charge is -2.12. The van der Waals surface area contributed by atoms with E-state index in [4.69, 9.17) is 15.2 Å². The molecule has 0 saturated heterocycles. The van der Waals surface area contributed by atoms with Gasteiger partial charge < -0.3 is 20.5 Å². The first-order valence-electron chi connectivity index (χ1n) is 6.18. The van der Waals surface area contributed by atoms with E-state index < -0.39 is 0 Å². The lowest BCUT2D eigenvalue weighted by atomic mass is 10.1. The van der Waals surface area contributed by atoms with E-state index in [2.05, 4.69) is 5.32 Å². The quantitative estimate of drug-likeness (QED) is 0.874. The minimum atomic E-state index is -0.159. The number of carbonyl (C=O) groups is 1. The number of rotatable bonds is 4. The van der Waals surface area contributed by atoms with Crippen molar-refractivity contribution in [3.63, 3.8) is 0 Å². The molecular weight excluding hydrogens is 268 g/mol. The number of benzene rings is 1. The first-order chi connectivity index (χ1) is 8.75. The molecule has 1 unspecified atom stereocenters. The molecule has 1 amide bonds. The molecule has 1 saturated carbocycles. The number of nitrogens with two attached hydrogens (primary N) is 1. The first kappa shape index (κ1) is 14.0. The van der Waals surface area contributed by atoms with Crippen LogP contribution in [0.4, 0.5) is 0 Å². The Morgan fingerprint density at radius 2 is 2.21 bits per heavy atom. The number of para-hydroxylation sites is 1. The molecule has 1 fully saturated rings. The third-order valence-corrected chi connectivity index (χ3v) is 3.37. The van der Waals surface area contributed by atoms with E-state index in [1.807, 2.05) is 0 Å². The molecule has 0 radical (unpaired) electrons. The fourth-order valence-electron chi connectivity index (χ4n) is 2.11. The number of carbonyl (C=O) groups excluding carboxylic acids is 1. The van der Waals surface area contributed by atoms with E-state index in [0.717, 1.165) is 0 Å². The number of hydrogen-bond donors (Lipinski definition) is 2. The van der Waals surface area contributed by atoms with Gasteiger partial charge in [-0.25, -0.2) is 0 Å². The van der Waals surface area contributed by atoms with Crippen LogP contribution in [0.1, 0.15) is 23.2 Å². The second-order valence-corrected chi connectivity index (χ2v) is 4.75. The third-order valence-electron chi connectivity index (χ3n) is 3.37. The van der Waals surface area contributed by atoms with E-state index in [0.29, 0.717) is 29.5 Å². The number of hydrogen-bond acceptors (Lipinski definition) is 4. The number of fused-ring (bicyclic) bond motifs is 1. The zero-order valence-electron chi connectivity index (χ0n) is 10.4. The highest BCUT2D eigenvalue weighted by Crippen LogP contribution is 2.35. The van der Waals surface area contributed by atoms with Crippen molar-refractivity contribution < 1.29 is 14.3 Å². The lowest BCUT2D eigenvalue weighted by molar-refractivity contribution is 0.0945. The maximum absolute atomic E-state index is 12.0. The van der Waals surface area contributed by atoms with Crippen LogP contribution >= 0.6 is 12.4 Å². The Balaban J connectivity index is 0.00000133. The lowest BCUT2D eigenvalue weighted by Crippen LogP contribution is -2.38. The van der Waals surface area contributed by atoms with Gasteiger partial charge in [-0.05, 0) is 30.9 Å². The molecule has 2 aliphatic rings. The molecule has 0 spiro atoms. The smallest absolute Gasteiger partial charge is 0.255 e. The van der Waals surface area contributed by atoms with Crippen molar-refractivity contribution in [2.45, 2.75) is 18.9 Å². The van der Waals surface area contributed by atoms with Gasteiger partial charge in [0.15, 0.2) is 11.5 Å². The van der Waals surface area contributed by atoms with E-state index in [-0.39, 0.29) is 31.1 Å². The minimum absolute atomic E-state index is 0. The minimum Gasteiger partial charge on any atom is -0.454 e. The summed E-state index contributed by atoms with van der Waals surface area (Å²) in [5.74, 6) is 1.56. The van der Waals surface area contributed by atoms with Gasteiger partial charge in [0.1, 0.15) is 0 Å². The summed E-state index contributed by atoms with van der Waals surface area (Å²) in [5, 5.41) is 2.85. The molecule has 0 aromatic heterocycles. The Bertz CT molecular complexity index is 477. The molecule has 19 heavy (non-hydrogen) atoms. The molecule has 3 rings (SSSR count). The molecule has 1 atom stereocenters. The Morgan fingerprint density at radius 3 is 2.95 bits per heavy atom. The molecular formula is C13H17ClN2O3. The summed E-state index contributed by atoms with van der Waals surface area (Å²) in [6, 6.07) is 5.35. The fourth-order valence-corrected chi connectivity index (χ4v) is 2.11. The van der Waals surface area contributed by atoms with Gasteiger partial charge in [0, 0.05) is 12.6 Å². The summed E-state index contributed by atoms with van der Waals surface area (Å²) >= 11 is 0. The molecule has 6 heteroatoms. The van der Waals surface area contributed by atoms with Crippen molar-refractivity contribution in [2.24, 2.45) is 11.7 Å². The molecule has 1 aliphatic heterocycles. The van der Waals surface area contributed by atoms with Gasteiger partial charge in [0.25, 0.3) is 5.91 Å². The van der Waals surface area contributed by atoms with E-state index >= 15 is 0 Å². The normalized spacial score (nSPS) is 17.5. The maximum atomic E-state index is 12.0. The van der Waals surface area contributed by atoms with Crippen LogP contribution in [0.5, 0.6) is 11.5 Å². The van der Waals surface area contributed by atoms with Crippen LogP contribution in [0.15, 0.2) is 18.2 Å². The average molecular weight is 285 g/mol. The van der Waals surface area contributed by atoms with Crippen molar-refractivity contribution in [2.75, 3.05) is 13.3 Å². The zero-order chi connectivity index (χ0) is 12.5. The third kappa shape index (κ3) is 2.93. The Morgan fingerprint density at radius 1 is 1.42 bits per heavy atom. The SMILES string of the molecule is Cl.NC(CNC(=O)c1cccc2c1OCO2)C1CC1. The van der Waals surface area contributed by atoms with Crippen molar-refractivity contribution in [1.82, 2.24) is 5.32 Å². The summed E-state index contributed by atoms with van der Waals surface area (Å²) in [4.78, 5) is 12.0. The van der Waals surface area contributed by atoms with Gasteiger partial charge in [0.2, 0.25) is 6.79 Å². The molecule has 0 bridgehead atoms. The highest BCUT2D eigenvalue weighted by molar-refractivity contribution is 5.97. The van der Waals surface area contributed by atoms with E-state index in [1.54, 1.807) is 18.2 Å². The monoisotopic (exact) mass is 284 g/mol. The Labute approximate surface area is 117 Å². The predicted octanol–water partition coefficient (Wildman–Crippen LogP) is 1.30. The standard InChI is InChI=1S/C13H16N2O3.ClH/c14-10(8-4-5-8)6-15-13(16)9-2-1-3-11-12(9)18-7-17-11;/h1-3,8,10H,4-7,14H2,(H,15,16);1H. The molecule has 5 nitrogen and oxygen atoms in total. The maximum Gasteiger partial charge on any atom is 0.255 e. The molecule has 1 aromatic carbocycles. The van der Waals surface area contributed by atoms with Crippen LogP contribution in [0, 0.1) is 5.92 Å². The topological polar surface area (TPSA) is 73.6 Å². The second kappa shape index (κ2) is 5.67. The van der Waals surface area contributed by atoms with Crippen LogP contribution < -0.4 is 20.5 Å². The van der Waals surface area contributed by atoms with Crippen LogP contribution in [0.3, 0.4) is 0 Å². The van der Waals surface area contributed by atoms with Gasteiger partial charge in [-0.3, -0.25) is 4.79 Å². The summed E-state index contributed by atoms with van der Waals surface area (Å²) in [6.45, 7) is 0.676. The fraction of sp³-hybridized carbons (Fsp3) is 0.462. The predicted molar refractivity (Wildman–Crippen MR) is 72.8 cm³/mol. The van der Waals surface area contributed by atoms with Crippen LogP contribution in [-0.4, -0.2) is 25.3 Å². The van der Waals surface area contributed by atoms with E-state index in [1.165, 1.54) is 12.8 Å². The van der Waals surface area contributed by atoms with Crippen molar-refractivity contribution in [3.05, 3.63) is 23.8 Å². The highest BCUT2D eigenvalue weighted by Gasteiger charge is 2.29. The van der Waals surface area contributed by atoms with Crippen molar-refractivity contribution in [3.8, 4) is 11.5 Å². The molecule has 104 valence electrons. The largest absolute Gasteiger partial charge is 0.454 e. The first-order valence-corrected chi connectivity index (χ1v) is 6.18. The summed E-state index contributed by atoms with van der Waals surface area (Å²) in [5.41, 5.74) is 6.45. The Kier molecular flexibility index (Phi) is 4.17. The van der Waals surface area contributed by atoms with Gasteiger partial charge in [0.05, 0.1) is 5.56 Å². The van der Waals surface area contributed by atoms with Crippen LogP contribution in [-0.2, 0) is 0 Å². The summed E-state index contributed by atoms with van der Waals surface area (Å²) < 4.78 is 10.5. The number of nitrogens with one attached hydrogen (secondary N) is 1. The number of amides is 1. The Hall–Kier alpha value is -1.46. The van der Waals surface area contributed by atoms with Gasteiger partial charge in [-0.1, -0.05) is 6.07 Å². The molecule has 3 N–H and O–H groups in total. The second-order valence-electron chi connectivity index (χ2n) is 4.75.